The van der Waals surface area contributed by atoms with E-state index < -0.39 is 0 Å². The van der Waals surface area contributed by atoms with E-state index in [0.29, 0.717) is 18.9 Å². The first-order valence-electron chi connectivity index (χ1n) is 7.79. The molecule has 1 aliphatic heterocycles. The molecule has 0 saturated carbocycles. The van der Waals surface area contributed by atoms with E-state index in [-0.39, 0.29) is 5.56 Å². The first-order valence-corrected chi connectivity index (χ1v) is 7.79. The standard InChI is InChI=1S/C17H16N6O/c24-17-14-11-23(10-13-9-19-6-7-20-13)8-3-15(14)21-16(22-17)12-1-4-18-5-2-12/h1-2,4-7,9H,3,8,10-11H2,(H,21,22,24). The van der Waals surface area contributed by atoms with E-state index in [1.807, 2.05) is 12.1 Å². The van der Waals surface area contributed by atoms with Crippen LogP contribution in [0.3, 0.4) is 0 Å². The number of pyridine rings is 1. The quantitative estimate of drug-likeness (QED) is 0.780. The van der Waals surface area contributed by atoms with Crippen molar-refractivity contribution < 1.29 is 0 Å². The summed E-state index contributed by atoms with van der Waals surface area (Å²) in [4.78, 5) is 34.6. The van der Waals surface area contributed by atoms with Crippen molar-refractivity contribution in [3.8, 4) is 11.4 Å². The summed E-state index contributed by atoms with van der Waals surface area (Å²) in [6, 6.07) is 3.68. The maximum Gasteiger partial charge on any atom is 0.255 e. The summed E-state index contributed by atoms with van der Waals surface area (Å²) in [5, 5.41) is 0. The molecule has 0 unspecified atom stereocenters. The zero-order valence-electron chi connectivity index (χ0n) is 13.0. The van der Waals surface area contributed by atoms with Gasteiger partial charge in [-0.3, -0.25) is 24.6 Å². The molecule has 7 heteroatoms. The average molecular weight is 320 g/mol. The van der Waals surface area contributed by atoms with Crippen LogP contribution in [0.5, 0.6) is 0 Å². The number of hydrogen-bond donors (Lipinski definition) is 1. The van der Waals surface area contributed by atoms with Crippen molar-refractivity contribution in [3.05, 3.63) is 70.4 Å². The molecule has 0 amide bonds. The maximum atomic E-state index is 12.5. The van der Waals surface area contributed by atoms with Crippen LogP contribution in [-0.2, 0) is 19.5 Å². The van der Waals surface area contributed by atoms with Gasteiger partial charge in [-0.05, 0) is 12.1 Å². The lowest BCUT2D eigenvalue weighted by Crippen LogP contribution is -2.35. The smallest absolute Gasteiger partial charge is 0.255 e. The fourth-order valence-electron chi connectivity index (χ4n) is 2.90. The number of H-pyrrole nitrogens is 1. The summed E-state index contributed by atoms with van der Waals surface area (Å²) < 4.78 is 0. The van der Waals surface area contributed by atoms with E-state index >= 15 is 0 Å². The van der Waals surface area contributed by atoms with Gasteiger partial charge in [0.1, 0.15) is 5.82 Å². The van der Waals surface area contributed by atoms with E-state index in [4.69, 9.17) is 0 Å². The second-order valence-electron chi connectivity index (χ2n) is 5.73. The molecule has 0 atom stereocenters. The third kappa shape index (κ3) is 2.93. The molecular formula is C17H16N6O. The maximum absolute atomic E-state index is 12.5. The summed E-state index contributed by atoms with van der Waals surface area (Å²) in [7, 11) is 0. The van der Waals surface area contributed by atoms with Crippen molar-refractivity contribution in [1.29, 1.82) is 0 Å². The highest BCUT2D eigenvalue weighted by atomic mass is 16.1. The summed E-state index contributed by atoms with van der Waals surface area (Å²) in [5.41, 5.74) is 3.31. The van der Waals surface area contributed by atoms with Gasteiger partial charge in [0.15, 0.2) is 0 Å². The number of aromatic nitrogens is 5. The lowest BCUT2D eigenvalue weighted by Gasteiger charge is -2.27. The number of fused-ring (bicyclic) bond motifs is 1. The van der Waals surface area contributed by atoms with Crippen LogP contribution in [0.25, 0.3) is 11.4 Å². The van der Waals surface area contributed by atoms with Gasteiger partial charge in [-0.2, -0.15) is 0 Å². The second-order valence-corrected chi connectivity index (χ2v) is 5.73. The van der Waals surface area contributed by atoms with Crippen LogP contribution in [0.4, 0.5) is 0 Å². The van der Waals surface area contributed by atoms with E-state index in [1.54, 1.807) is 31.0 Å². The van der Waals surface area contributed by atoms with Crippen LogP contribution >= 0.6 is 0 Å². The topological polar surface area (TPSA) is 87.7 Å². The van der Waals surface area contributed by atoms with Gasteiger partial charge < -0.3 is 4.98 Å². The zero-order valence-corrected chi connectivity index (χ0v) is 13.0. The molecule has 0 aliphatic carbocycles. The molecule has 4 rings (SSSR count). The lowest BCUT2D eigenvalue weighted by molar-refractivity contribution is 0.238. The molecule has 0 fully saturated rings. The minimum atomic E-state index is -0.0735. The van der Waals surface area contributed by atoms with Gasteiger partial charge in [0.25, 0.3) is 5.56 Å². The second kappa shape index (κ2) is 6.29. The molecule has 0 bridgehead atoms. The fraction of sp³-hybridized carbons (Fsp3) is 0.235. The number of nitrogens with zero attached hydrogens (tertiary/aromatic N) is 5. The molecule has 0 saturated heterocycles. The van der Waals surface area contributed by atoms with Crippen LogP contribution < -0.4 is 5.56 Å². The molecule has 3 aromatic heterocycles. The van der Waals surface area contributed by atoms with Crippen molar-refractivity contribution in [3.63, 3.8) is 0 Å². The van der Waals surface area contributed by atoms with Crippen LogP contribution in [0.2, 0.25) is 0 Å². The Morgan fingerprint density at radius 3 is 2.79 bits per heavy atom. The van der Waals surface area contributed by atoms with Crippen LogP contribution in [0, 0.1) is 0 Å². The largest absolute Gasteiger partial charge is 0.306 e. The highest BCUT2D eigenvalue weighted by Gasteiger charge is 2.21. The molecule has 7 nitrogen and oxygen atoms in total. The molecule has 0 radical (unpaired) electrons. The molecular weight excluding hydrogens is 304 g/mol. The van der Waals surface area contributed by atoms with Crippen LogP contribution in [0.15, 0.2) is 47.9 Å². The van der Waals surface area contributed by atoms with E-state index in [0.717, 1.165) is 35.5 Å². The van der Waals surface area contributed by atoms with E-state index in [9.17, 15) is 4.79 Å². The monoisotopic (exact) mass is 320 g/mol. The van der Waals surface area contributed by atoms with Crippen LogP contribution in [0.1, 0.15) is 17.0 Å². The minimum absolute atomic E-state index is 0.0735. The zero-order chi connectivity index (χ0) is 16.4. The van der Waals surface area contributed by atoms with Gasteiger partial charge in [-0.25, -0.2) is 4.98 Å². The lowest BCUT2D eigenvalue weighted by atomic mass is 10.1. The predicted molar refractivity (Wildman–Crippen MR) is 87.9 cm³/mol. The van der Waals surface area contributed by atoms with Gasteiger partial charge in [0, 0.05) is 62.6 Å². The molecule has 4 heterocycles. The minimum Gasteiger partial charge on any atom is -0.306 e. The molecule has 0 spiro atoms. The Morgan fingerprint density at radius 2 is 2.00 bits per heavy atom. The highest BCUT2D eigenvalue weighted by molar-refractivity contribution is 5.54. The Morgan fingerprint density at radius 1 is 1.12 bits per heavy atom. The fourth-order valence-corrected chi connectivity index (χ4v) is 2.90. The SMILES string of the molecule is O=c1[nH]c(-c2ccncc2)nc2c1CN(Cc1cnccn1)CC2. The summed E-state index contributed by atoms with van der Waals surface area (Å²) in [5.74, 6) is 0.600. The Balaban J connectivity index is 1.60. The van der Waals surface area contributed by atoms with Crippen molar-refractivity contribution in [2.75, 3.05) is 6.54 Å². The molecule has 1 N–H and O–H groups in total. The number of aromatic amines is 1. The van der Waals surface area contributed by atoms with Crippen LogP contribution in [-0.4, -0.2) is 36.4 Å². The Bertz CT molecular complexity index is 894. The normalized spacial score (nSPS) is 14.3. The third-order valence-electron chi connectivity index (χ3n) is 4.10. The van der Waals surface area contributed by atoms with Crippen molar-refractivity contribution in [2.45, 2.75) is 19.5 Å². The average Bonchev–Trinajstić information content (AvgIpc) is 2.64. The van der Waals surface area contributed by atoms with Gasteiger partial charge in [0.2, 0.25) is 0 Å². The Labute approximate surface area is 138 Å². The van der Waals surface area contributed by atoms with Gasteiger partial charge in [-0.15, -0.1) is 0 Å². The molecule has 0 aromatic carbocycles. The summed E-state index contributed by atoms with van der Waals surface area (Å²) in [6.07, 6.45) is 9.23. The molecule has 1 aliphatic rings. The third-order valence-corrected chi connectivity index (χ3v) is 4.10. The van der Waals surface area contributed by atoms with Gasteiger partial charge in [0.05, 0.1) is 17.0 Å². The summed E-state index contributed by atoms with van der Waals surface area (Å²) in [6.45, 7) is 2.10. The van der Waals surface area contributed by atoms with E-state index in [1.165, 1.54) is 0 Å². The predicted octanol–water partition coefficient (Wildman–Crippen LogP) is 1.18. The van der Waals surface area contributed by atoms with E-state index in [2.05, 4.69) is 29.8 Å². The van der Waals surface area contributed by atoms with Gasteiger partial charge in [-0.1, -0.05) is 0 Å². The number of hydrogen-bond acceptors (Lipinski definition) is 6. The van der Waals surface area contributed by atoms with Crippen molar-refractivity contribution in [2.24, 2.45) is 0 Å². The first-order chi connectivity index (χ1) is 11.8. The van der Waals surface area contributed by atoms with Gasteiger partial charge >= 0.3 is 0 Å². The molecule has 120 valence electrons. The number of rotatable bonds is 3. The Hall–Kier alpha value is -2.93. The number of nitrogens with one attached hydrogen (secondary N) is 1. The molecule has 3 aromatic rings. The first kappa shape index (κ1) is 14.6. The summed E-state index contributed by atoms with van der Waals surface area (Å²) >= 11 is 0. The highest BCUT2D eigenvalue weighted by Crippen LogP contribution is 2.19. The van der Waals surface area contributed by atoms with Crippen molar-refractivity contribution >= 4 is 0 Å². The molecule has 24 heavy (non-hydrogen) atoms. The van der Waals surface area contributed by atoms with Crippen molar-refractivity contribution in [1.82, 2.24) is 29.8 Å². The Kier molecular flexibility index (Phi) is 3.84.